The molecule has 3 aromatic rings. The van der Waals surface area contributed by atoms with Gasteiger partial charge in [-0.3, -0.25) is 9.78 Å². The fourth-order valence-electron chi connectivity index (χ4n) is 4.00. The second kappa shape index (κ2) is 9.41. The van der Waals surface area contributed by atoms with Crippen LogP contribution >= 0.6 is 12.2 Å². The predicted molar refractivity (Wildman–Crippen MR) is 125 cm³/mol. The van der Waals surface area contributed by atoms with Gasteiger partial charge in [0.25, 0.3) is 0 Å². The minimum Gasteiger partial charge on any atom is -0.478 e. The molecule has 170 valence electrons. The third-order valence-electron chi connectivity index (χ3n) is 5.64. The molecule has 0 aliphatic carbocycles. The van der Waals surface area contributed by atoms with E-state index in [-0.39, 0.29) is 30.0 Å². The van der Waals surface area contributed by atoms with Gasteiger partial charge in [0, 0.05) is 18.3 Å². The van der Waals surface area contributed by atoms with Crippen LogP contribution in [0, 0.1) is 6.92 Å². The molecular formula is C24H23N3O5S. The number of esters is 1. The molecule has 9 heteroatoms. The maximum atomic E-state index is 11.8. The van der Waals surface area contributed by atoms with E-state index in [0.717, 1.165) is 16.8 Å². The van der Waals surface area contributed by atoms with E-state index >= 15 is 0 Å². The van der Waals surface area contributed by atoms with Crippen LogP contribution in [0.3, 0.4) is 0 Å². The van der Waals surface area contributed by atoms with Gasteiger partial charge in [-0.1, -0.05) is 12.1 Å². The number of carbonyl (C=O) groups excluding carboxylic acids is 1. The third kappa shape index (κ3) is 4.58. The van der Waals surface area contributed by atoms with Crippen molar-refractivity contribution in [1.29, 1.82) is 0 Å². The van der Waals surface area contributed by atoms with Crippen LogP contribution in [0.4, 0.5) is 0 Å². The van der Waals surface area contributed by atoms with Crippen molar-refractivity contribution in [3.8, 4) is 11.3 Å². The fraction of sp³-hybridized carbons (Fsp3) is 0.250. The molecule has 0 bridgehead atoms. The molecule has 0 spiro atoms. The highest BCUT2D eigenvalue weighted by Gasteiger charge is 2.41. The molecule has 1 aliphatic rings. The minimum atomic E-state index is -0.977. The van der Waals surface area contributed by atoms with Crippen molar-refractivity contribution < 1.29 is 23.8 Å². The summed E-state index contributed by atoms with van der Waals surface area (Å²) in [5, 5.41) is 13.0. The van der Waals surface area contributed by atoms with Gasteiger partial charge in [0.05, 0.1) is 30.8 Å². The summed E-state index contributed by atoms with van der Waals surface area (Å²) >= 11 is 5.58. The maximum absolute atomic E-state index is 11.8. The SMILES string of the molecule is COC(=O)CCN1C(=S)NC(c2ccccn2)C1c1ccc(-c2ccc(C(=O)O)cc2C)o1. The number of nitrogens with zero attached hydrogens (tertiary/aromatic N) is 2. The molecule has 1 aromatic carbocycles. The largest absolute Gasteiger partial charge is 0.478 e. The summed E-state index contributed by atoms with van der Waals surface area (Å²) in [7, 11) is 1.35. The molecule has 2 atom stereocenters. The smallest absolute Gasteiger partial charge is 0.335 e. The average molecular weight is 466 g/mol. The average Bonchev–Trinajstić information content (AvgIpc) is 3.42. The van der Waals surface area contributed by atoms with Gasteiger partial charge in [0.2, 0.25) is 0 Å². The Kier molecular flexibility index (Phi) is 6.41. The van der Waals surface area contributed by atoms with Crippen molar-refractivity contribution in [2.45, 2.75) is 25.4 Å². The van der Waals surface area contributed by atoms with Crippen LogP contribution in [0.25, 0.3) is 11.3 Å². The first-order valence-corrected chi connectivity index (χ1v) is 10.8. The van der Waals surface area contributed by atoms with Gasteiger partial charge in [-0.2, -0.15) is 0 Å². The molecular weight excluding hydrogens is 442 g/mol. The molecule has 2 N–H and O–H groups in total. The summed E-state index contributed by atoms with van der Waals surface area (Å²) in [5.74, 6) is -0.0357. The Morgan fingerprint density at radius 3 is 2.73 bits per heavy atom. The molecule has 8 nitrogen and oxygen atoms in total. The fourth-order valence-corrected chi connectivity index (χ4v) is 4.33. The van der Waals surface area contributed by atoms with Gasteiger partial charge < -0.3 is 24.5 Å². The van der Waals surface area contributed by atoms with Gasteiger partial charge in [-0.25, -0.2) is 4.79 Å². The zero-order valence-electron chi connectivity index (χ0n) is 18.1. The highest BCUT2D eigenvalue weighted by molar-refractivity contribution is 7.80. The summed E-state index contributed by atoms with van der Waals surface area (Å²) in [6.45, 7) is 2.20. The summed E-state index contributed by atoms with van der Waals surface area (Å²) in [5.41, 5.74) is 2.61. The van der Waals surface area contributed by atoms with Gasteiger partial charge in [0.1, 0.15) is 17.6 Å². The number of pyridine rings is 1. The van der Waals surface area contributed by atoms with E-state index in [1.807, 2.05) is 42.2 Å². The van der Waals surface area contributed by atoms with Crippen LogP contribution in [0.15, 0.2) is 59.1 Å². The monoisotopic (exact) mass is 465 g/mol. The second-order valence-electron chi connectivity index (χ2n) is 7.68. The first-order chi connectivity index (χ1) is 15.9. The Morgan fingerprint density at radius 1 is 1.24 bits per heavy atom. The van der Waals surface area contributed by atoms with E-state index in [4.69, 9.17) is 21.4 Å². The first kappa shape index (κ1) is 22.5. The highest BCUT2D eigenvalue weighted by Crippen LogP contribution is 2.40. The molecule has 3 heterocycles. The molecule has 2 aromatic heterocycles. The Labute approximate surface area is 196 Å². The van der Waals surface area contributed by atoms with E-state index in [9.17, 15) is 14.7 Å². The van der Waals surface area contributed by atoms with E-state index in [1.54, 1.807) is 24.4 Å². The lowest BCUT2D eigenvalue weighted by atomic mass is 10.0. The van der Waals surface area contributed by atoms with Crippen molar-refractivity contribution >= 4 is 29.3 Å². The molecule has 0 radical (unpaired) electrons. The molecule has 2 unspecified atom stereocenters. The summed E-state index contributed by atoms with van der Waals surface area (Å²) in [6.07, 6.45) is 1.89. The number of aromatic nitrogens is 1. The zero-order chi connectivity index (χ0) is 23.5. The molecule has 1 saturated heterocycles. The minimum absolute atomic E-state index is 0.174. The predicted octanol–water partition coefficient (Wildman–Crippen LogP) is 3.88. The molecule has 0 amide bonds. The quantitative estimate of drug-likeness (QED) is 0.397. The first-order valence-electron chi connectivity index (χ1n) is 10.4. The van der Waals surface area contributed by atoms with Gasteiger partial charge in [-0.05, 0) is 61.1 Å². The van der Waals surface area contributed by atoms with Crippen molar-refractivity contribution in [3.05, 3.63) is 77.3 Å². The van der Waals surface area contributed by atoms with Crippen molar-refractivity contribution in [2.24, 2.45) is 0 Å². The lowest BCUT2D eigenvalue weighted by Gasteiger charge is -2.25. The zero-order valence-corrected chi connectivity index (χ0v) is 19.0. The number of carboxylic acids is 1. The lowest BCUT2D eigenvalue weighted by Crippen LogP contribution is -2.31. The lowest BCUT2D eigenvalue weighted by molar-refractivity contribution is -0.140. The number of thiocarbonyl (C=S) groups is 1. The number of ether oxygens (including phenoxy) is 1. The van der Waals surface area contributed by atoms with Gasteiger partial charge in [-0.15, -0.1) is 0 Å². The van der Waals surface area contributed by atoms with Crippen molar-refractivity contribution in [2.75, 3.05) is 13.7 Å². The highest BCUT2D eigenvalue weighted by atomic mass is 32.1. The van der Waals surface area contributed by atoms with Gasteiger partial charge in [0.15, 0.2) is 5.11 Å². The van der Waals surface area contributed by atoms with E-state index < -0.39 is 5.97 Å². The standard InChI is InChI=1S/C24H23N3O5S/c1-14-13-15(23(29)30)6-7-16(14)18-8-9-19(32-18)22-21(17-5-3-4-11-25-17)26-24(33)27(22)12-10-20(28)31-2/h3-9,11,13,21-22H,10,12H2,1-2H3,(H,26,33)(H,29,30). The summed E-state index contributed by atoms with van der Waals surface area (Å²) in [6, 6.07) is 13.7. The van der Waals surface area contributed by atoms with E-state index in [2.05, 4.69) is 10.3 Å². The number of aromatic carboxylic acids is 1. The number of aryl methyl sites for hydroxylation is 1. The Balaban J connectivity index is 1.70. The number of furan rings is 1. The number of carbonyl (C=O) groups is 2. The van der Waals surface area contributed by atoms with E-state index in [0.29, 0.717) is 23.2 Å². The number of nitrogens with one attached hydrogen (secondary N) is 1. The number of carboxylic acid groups (broad SMARTS) is 1. The Morgan fingerprint density at radius 2 is 2.06 bits per heavy atom. The normalized spacial score (nSPS) is 17.6. The number of hydrogen-bond acceptors (Lipinski definition) is 6. The second-order valence-corrected chi connectivity index (χ2v) is 8.07. The van der Waals surface area contributed by atoms with Crippen LogP contribution in [0.2, 0.25) is 0 Å². The number of hydrogen-bond donors (Lipinski definition) is 2. The Hall–Kier alpha value is -3.72. The summed E-state index contributed by atoms with van der Waals surface area (Å²) < 4.78 is 11.1. The van der Waals surface area contributed by atoms with Crippen LogP contribution < -0.4 is 5.32 Å². The third-order valence-corrected chi connectivity index (χ3v) is 5.99. The summed E-state index contributed by atoms with van der Waals surface area (Å²) in [4.78, 5) is 29.4. The molecule has 4 rings (SSSR count). The Bertz CT molecular complexity index is 1190. The van der Waals surface area contributed by atoms with Crippen molar-refractivity contribution in [1.82, 2.24) is 15.2 Å². The number of methoxy groups -OCH3 is 1. The van der Waals surface area contributed by atoms with Crippen LogP contribution in [-0.4, -0.2) is 45.7 Å². The van der Waals surface area contributed by atoms with Crippen LogP contribution in [0.1, 0.15) is 45.9 Å². The van der Waals surface area contributed by atoms with Crippen molar-refractivity contribution in [3.63, 3.8) is 0 Å². The van der Waals surface area contributed by atoms with Crippen LogP contribution in [-0.2, 0) is 9.53 Å². The van der Waals surface area contributed by atoms with Crippen LogP contribution in [0.5, 0.6) is 0 Å². The maximum Gasteiger partial charge on any atom is 0.335 e. The number of benzene rings is 1. The van der Waals surface area contributed by atoms with Gasteiger partial charge >= 0.3 is 11.9 Å². The molecule has 33 heavy (non-hydrogen) atoms. The topological polar surface area (TPSA) is 105 Å². The van der Waals surface area contributed by atoms with E-state index in [1.165, 1.54) is 7.11 Å². The molecule has 1 fully saturated rings. The molecule has 0 saturated carbocycles. The number of rotatable bonds is 7. The molecule has 1 aliphatic heterocycles.